The zero-order valence-corrected chi connectivity index (χ0v) is 12.7. The lowest BCUT2D eigenvalue weighted by atomic mass is 10.0. The Hall–Kier alpha value is -1.91. The molecule has 1 amide bonds. The molecule has 5 heteroatoms. The molecule has 1 aliphatic rings. The molecule has 1 heterocycles. The van der Waals surface area contributed by atoms with Gasteiger partial charge >= 0.3 is 0 Å². The normalized spacial score (nSPS) is 17.3. The third kappa shape index (κ3) is 3.80. The van der Waals surface area contributed by atoms with Crippen molar-refractivity contribution in [2.75, 3.05) is 13.6 Å². The minimum absolute atomic E-state index is 0.0303. The Balaban J connectivity index is 1.95. The molecule has 21 heavy (non-hydrogen) atoms. The highest BCUT2D eigenvalue weighted by molar-refractivity contribution is 6.01. The molecular weight excluding hydrogens is 271 g/mol. The van der Waals surface area contributed by atoms with Crippen LogP contribution in [0.15, 0.2) is 23.4 Å². The fourth-order valence-corrected chi connectivity index (χ4v) is 2.36. The summed E-state index contributed by atoms with van der Waals surface area (Å²) in [6.45, 7) is 4.59. The van der Waals surface area contributed by atoms with Gasteiger partial charge in [-0.3, -0.25) is 4.79 Å². The number of amides is 1. The number of nitrogens with zero attached hydrogens (tertiary/aromatic N) is 2. The van der Waals surface area contributed by atoms with Crippen molar-refractivity contribution in [2.45, 2.75) is 39.2 Å². The fourth-order valence-electron chi connectivity index (χ4n) is 2.36. The van der Waals surface area contributed by atoms with Gasteiger partial charge < -0.3 is 9.74 Å². The van der Waals surface area contributed by atoms with Crippen molar-refractivity contribution in [2.24, 2.45) is 5.16 Å². The van der Waals surface area contributed by atoms with Crippen molar-refractivity contribution < 1.29 is 14.0 Å². The van der Waals surface area contributed by atoms with E-state index in [1.54, 1.807) is 18.0 Å². The molecule has 0 radical (unpaired) electrons. The standard InChI is InChI=1S/C16H21FN2O2/c1-4-7-19(3)16(20)10-12-9-15(18-21-12)13-6-5-11(2)8-14(13)17/h5-6,8,12H,4,7,9-10H2,1-3H3. The van der Waals surface area contributed by atoms with E-state index in [1.807, 2.05) is 19.9 Å². The summed E-state index contributed by atoms with van der Waals surface area (Å²) in [6.07, 6.45) is 1.36. The van der Waals surface area contributed by atoms with Crippen LogP contribution < -0.4 is 0 Å². The van der Waals surface area contributed by atoms with Gasteiger partial charge in [0.05, 0.1) is 12.1 Å². The number of hydrogen-bond donors (Lipinski definition) is 0. The number of carbonyl (C=O) groups excluding carboxylic acids is 1. The number of benzene rings is 1. The maximum atomic E-state index is 13.9. The van der Waals surface area contributed by atoms with E-state index in [-0.39, 0.29) is 24.2 Å². The van der Waals surface area contributed by atoms with Crippen LogP contribution in [0.2, 0.25) is 0 Å². The van der Waals surface area contributed by atoms with Gasteiger partial charge in [0.2, 0.25) is 5.91 Å². The molecule has 0 aliphatic carbocycles. The van der Waals surface area contributed by atoms with Crippen LogP contribution in [0.4, 0.5) is 4.39 Å². The average molecular weight is 292 g/mol. The third-order valence-electron chi connectivity index (χ3n) is 3.56. The number of halogens is 1. The van der Waals surface area contributed by atoms with Gasteiger partial charge in [-0.05, 0) is 31.0 Å². The van der Waals surface area contributed by atoms with E-state index in [1.165, 1.54) is 6.07 Å². The molecular formula is C16H21FN2O2. The van der Waals surface area contributed by atoms with Crippen molar-refractivity contribution in [1.29, 1.82) is 0 Å². The Morgan fingerprint density at radius 3 is 2.95 bits per heavy atom. The van der Waals surface area contributed by atoms with Crippen molar-refractivity contribution >= 4 is 11.6 Å². The summed E-state index contributed by atoms with van der Waals surface area (Å²) in [4.78, 5) is 18.9. The van der Waals surface area contributed by atoms with Crippen molar-refractivity contribution in [3.8, 4) is 0 Å². The molecule has 4 nitrogen and oxygen atoms in total. The van der Waals surface area contributed by atoms with Crippen LogP contribution >= 0.6 is 0 Å². The second kappa shape index (κ2) is 6.70. The van der Waals surface area contributed by atoms with E-state index in [2.05, 4.69) is 5.16 Å². The lowest BCUT2D eigenvalue weighted by molar-refractivity contribution is -0.132. The third-order valence-corrected chi connectivity index (χ3v) is 3.56. The van der Waals surface area contributed by atoms with Crippen LogP contribution in [0.3, 0.4) is 0 Å². The maximum Gasteiger partial charge on any atom is 0.226 e. The van der Waals surface area contributed by atoms with Crippen molar-refractivity contribution in [3.63, 3.8) is 0 Å². The molecule has 1 aromatic carbocycles. The average Bonchev–Trinajstić information content (AvgIpc) is 2.87. The summed E-state index contributed by atoms with van der Waals surface area (Å²) in [5, 5.41) is 3.94. The van der Waals surface area contributed by atoms with E-state index < -0.39 is 0 Å². The Kier molecular flexibility index (Phi) is 4.94. The smallest absolute Gasteiger partial charge is 0.226 e. The molecule has 0 bridgehead atoms. The van der Waals surface area contributed by atoms with Crippen LogP contribution in [0.5, 0.6) is 0 Å². The number of rotatable bonds is 5. The van der Waals surface area contributed by atoms with Gasteiger partial charge in [-0.2, -0.15) is 0 Å². The second-order valence-electron chi connectivity index (χ2n) is 5.47. The van der Waals surface area contributed by atoms with Crippen LogP contribution in [-0.4, -0.2) is 36.2 Å². The van der Waals surface area contributed by atoms with Gasteiger partial charge in [0.25, 0.3) is 0 Å². The zero-order valence-electron chi connectivity index (χ0n) is 12.7. The topological polar surface area (TPSA) is 41.9 Å². The molecule has 1 aliphatic heterocycles. The Morgan fingerprint density at radius 2 is 2.29 bits per heavy atom. The van der Waals surface area contributed by atoms with Gasteiger partial charge in [0.1, 0.15) is 11.9 Å². The lowest BCUT2D eigenvalue weighted by Crippen LogP contribution is -2.30. The van der Waals surface area contributed by atoms with E-state index in [9.17, 15) is 9.18 Å². The first-order valence-electron chi connectivity index (χ1n) is 7.24. The van der Waals surface area contributed by atoms with Crippen LogP contribution in [-0.2, 0) is 9.63 Å². The maximum absolute atomic E-state index is 13.9. The minimum Gasteiger partial charge on any atom is -0.391 e. The van der Waals surface area contributed by atoms with E-state index in [4.69, 9.17) is 4.84 Å². The van der Waals surface area contributed by atoms with Gasteiger partial charge in [0.15, 0.2) is 0 Å². The lowest BCUT2D eigenvalue weighted by Gasteiger charge is -2.17. The highest BCUT2D eigenvalue weighted by Crippen LogP contribution is 2.22. The quantitative estimate of drug-likeness (QED) is 0.837. The SMILES string of the molecule is CCCN(C)C(=O)CC1CC(c2ccc(C)cc2F)=NO1. The molecule has 1 aromatic rings. The molecule has 0 aromatic heterocycles. The zero-order chi connectivity index (χ0) is 15.4. The molecule has 114 valence electrons. The predicted octanol–water partition coefficient (Wildman–Crippen LogP) is 2.89. The fraction of sp³-hybridized carbons (Fsp3) is 0.500. The molecule has 1 unspecified atom stereocenters. The second-order valence-corrected chi connectivity index (χ2v) is 5.47. The predicted molar refractivity (Wildman–Crippen MR) is 79.7 cm³/mol. The highest BCUT2D eigenvalue weighted by atomic mass is 19.1. The highest BCUT2D eigenvalue weighted by Gasteiger charge is 2.27. The monoisotopic (exact) mass is 292 g/mol. The van der Waals surface area contributed by atoms with Crippen molar-refractivity contribution in [1.82, 2.24) is 4.90 Å². The summed E-state index contributed by atoms with van der Waals surface area (Å²) < 4.78 is 13.9. The first kappa shape index (κ1) is 15.5. The van der Waals surface area contributed by atoms with E-state index in [0.29, 0.717) is 17.7 Å². The molecule has 0 saturated heterocycles. The van der Waals surface area contributed by atoms with Crippen LogP contribution in [0.25, 0.3) is 0 Å². The summed E-state index contributed by atoms with van der Waals surface area (Å²) >= 11 is 0. The largest absolute Gasteiger partial charge is 0.391 e. The Morgan fingerprint density at radius 1 is 1.52 bits per heavy atom. The Bertz CT molecular complexity index is 557. The van der Waals surface area contributed by atoms with Gasteiger partial charge in [0, 0.05) is 25.6 Å². The number of carbonyl (C=O) groups is 1. The Labute approximate surface area is 124 Å². The molecule has 0 saturated carbocycles. The van der Waals surface area contributed by atoms with Crippen molar-refractivity contribution in [3.05, 3.63) is 35.1 Å². The molecule has 0 fully saturated rings. The first-order valence-corrected chi connectivity index (χ1v) is 7.24. The summed E-state index contributed by atoms with van der Waals surface area (Å²) in [7, 11) is 1.78. The summed E-state index contributed by atoms with van der Waals surface area (Å²) in [5.41, 5.74) is 1.89. The van der Waals surface area contributed by atoms with E-state index in [0.717, 1.165) is 18.5 Å². The van der Waals surface area contributed by atoms with Crippen LogP contribution in [0, 0.1) is 12.7 Å². The number of hydrogen-bond acceptors (Lipinski definition) is 3. The van der Waals surface area contributed by atoms with Gasteiger partial charge in [-0.25, -0.2) is 4.39 Å². The first-order chi connectivity index (χ1) is 10.0. The molecule has 2 rings (SSSR count). The molecule has 0 N–H and O–H groups in total. The molecule has 0 spiro atoms. The van der Waals surface area contributed by atoms with Crippen LogP contribution in [0.1, 0.15) is 37.3 Å². The number of oxime groups is 1. The van der Waals surface area contributed by atoms with E-state index >= 15 is 0 Å². The summed E-state index contributed by atoms with van der Waals surface area (Å²) in [5.74, 6) is -0.268. The minimum atomic E-state index is -0.299. The summed E-state index contributed by atoms with van der Waals surface area (Å²) in [6, 6.07) is 5.03. The number of aryl methyl sites for hydroxylation is 1. The van der Waals surface area contributed by atoms with Gasteiger partial charge in [-0.15, -0.1) is 0 Å². The molecule has 1 atom stereocenters. The van der Waals surface area contributed by atoms with Gasteiger partial charge in [-0.1, -0.05) is 18.1 Å².